The van der Waals surface area contributed by atoms with Gasteiger partial charge in [0, 0.05) is 17.3 Å². The molecule has 1 heterocycles. The van der Waals surface area contributed by atoms with E-state index in [9.17, 15) is 14.9 Å². The van der Waals surface area contributed by atoms with Crippen LogP contribution in [0.3, 0.4) is 0 Å². The first-order chi connectivity index (χ1) is 10.5. The molecule has 0 saturated carbocycles. The van der Waals surface area contributed by atoms with Crippen LogP contribution >= 0.6 is 0 Å². The molecule has 22 heavy (non-hydrogen) atoms. The second kappa shape index (κ2) is 6.48. The van der Waals surface area contributed by atoms with Crippen molar-refractivity contribution >= 4 is 17.8 Å². The normalized spacial score (nSPS) is 10.6. The van der Waals surface area contributed by atoms with Gasteiger partial charge in [-0.3, -0.25) is 20.0 Å². The average molecular weight is 303 g/mol. The summed E-state index contributed by atoms with van der Waals surface area (Å²) >= 11 is 0. The van der Waals surface area contributed by atoms with E-state index >= 15 is 0 Å². The van der Waals surface area contributed by atoms with Gasteiger partial charge in [-0.2, -0.15) is 10.2 Å². The monoisotopic (exact) mass is 303 g/mol. The molecule has 114 valence electrons. The number of aromatic amines is 1. The number of hydrogen-bond acceptors (Lipinski definition) is 6. The van der Waals surface area contributed by atoms with Gasteiger partial charge < -0.3 is 4.74 Å². The van der Waals surface area contributed by atoms with E-state index in [1.165, 1.54) is 25.5 Å². The molecular weight excluding hydrogens is 290 g/mol. The Morgan fingerprint density at radius 3 is 2.86 bits per heavy atom. The van der Waals surface area contributed by atoms with Crippen LogP contribution in [-0.2, 0) is 0 Å². The predicted molar refractivity (Wildman–Crippen MR) is 78.0 cm³/mol. The molecule has 1 aromatic heterocycles. The van der Waals surface area contributed by atoms with Crippen LogP contribution in [-0.4, -0.2) is 34.4 Å². The minimum absolute atomic E-state index is 0.151. The fourth-order valence-electron chi connectivity index (χ4n) is 1.69. The van der Waals surface area contributed by atoms with Gasteiger partial charge in [0.2, 0.25) is 0 Å². The van der Waals surface area contributed by atoms with Gasteiger partial charge in [-0.1, -0.05) is 0 Å². The Kier molecular flexibility index (Phi) is 4.47. The van der Waals surface area contributed by atoms with Gasteiger partial charge in [-0.15, -0.1) is 0 Å². The molecule has 1 amide bonds. The second-order valence-electron chi connectivity index (χ2n) is 4.32. The SMILES string of the molecule is COc1ccc(/C=N\NC(=O)c2cc(C)[nH]n2)cc1[N+](=O)[O-]. The van der Waals surface area contributed by atoms with Gasteiger partial charge in [-0.05, 0) is 25.1 Å². The Bertz CT molecular complexity index is 738. The molecule has 0 bridgehead atoms. The highest BCUT2D eigenvalue weighted by atomic mass is 16.6. The molecule has 0 aliphatic heterocycles. The number of nitrogens with one attached hydrogen (secondary N) is 2. The summed E-state index contributed by atoms with van der Waals surface area (Å²) in [6.07, 6.45) is 1.30. The van der Waals surface area contributed by atoms with Gasteiger partial charge in [-0.25, -0.2) is 5.43 Å². The third-order valence-corrected chi connectivity index (χ3v) is 2.72. The summed E-state index contributed by atoms with van der Waals surface area (Å²) in [4.78, 5) is 22.0. The van der Waals surface area contributed by atoms with Gasteiger partial charge in [0.15, 0.2) is 11.4 Å². The predicted octanol–water partition coefficient (Wildman–Crippen LogP) is 1.40. The van der Waals surface area contributed by atoms with Crippen LogP contribution in [0.4, 0.5) is 5.69 Å². The molecule has 0 atom stereocenters. The number of nitrogens with zero attached hydrogens (tertiary/aromatic N) is 3. The van der Waals surface area contributed by atoms with Gasteiger partial charge >= 0.3 is 5.69 Å². The van der Waals surface area contributed by atoms with E-state index in [0.29, 0.717) is 5.56 Å². The van der Waals surface area contributed by atoms with Crippen LogP contribution in [0.15, 0.2) is 29.4 Å². The summed E-state index contributed by atoms with van der Waals surface area (Å²) < 4.78 is 4.90. The largest absolute Gasteiger partial charge is 0.490 e. The van der Waals surface area contributed by atoms with Crippen LogP contribution in [0.2, 0.25) is 0 Å². The maximum atomic E-state index is 11.7. The third kappa shape index (κ3) is 3.45. The average Bonchev–Trinajstić information content (AvgIpc) is 2.93. The number of benzene rings is 1. The molecule has 0 unspecified atom stereocenters. The highest BCUT2D eigenvalue weighted by molar-refractivity contribution is 5.93. The molecule has 0 spiro atoms. The number of hydrogen-bond donors (Lipinski definition) is 2. The lowest BCUT2D eigenvalue weighted by molar-refractivity contribution is -0.385. The van der Waals surface area contributed by atoms with Crippen molar-refractivity contribution in [1.29, 1.82) is 0 Å². The van der Waals surface area contributed by atoms with E-state index in [2.05, 4.69) is 20.7 Å². The molecule has 0 aliphatic rings. The minimum Gasteiger partial charge on any atom is -0.490 e. The summed E-state index contributed by atoms with van der Waals surface area (Å²) in [5.74, 6) is -0.332. The van der Waals surface area contributed by atoms with Gasteiger partial charge in [0.1, 0.15) is 0 Å². The maximum Gasteiger partial charge on any atom is 0.311 e. The van der Waals surface area contributed by atoms with Crippen LogP contribution in [0, 0.1) is 17.0 Å². The van der Waals surface area contributed by atoms with Crippen molar-refractivity contribution in [2.45, 2.75) is 6.92 Å². The lowest BCUT2D eigenvalue weighted by atomic mass is 10.2. The maximum absolute atomic E-state index is 11.7. The van der Waals surface area contributed by atoms with E-state index in [1.54, 1.807) is 19.1 Å². The van der Waals surface area contributed by atoms with Crippen LogP contribution in [0.1, 0.15) is 21.7 Å². The van der Waals surface area contributed by atoms with Crippen molar-refractivity contribution in [2.24, 2.45) is 5.10 Å². The molecule has 1 aromatic carbocycles. The summed E-state index contributed by atoms with van der Waals surface area (Å²) in [5, 5.41) is 21.1. The standard InChI is InChI=1S/C13H13N5O4/c1-8-5-10(16-15-8)13(19)17-14-7-9-3-4-12(22-2)11(6-9)18(20)21/h3-7H,1-2H3,(H,15,16)(H,17,19)/b14-7-. The van der Waals surface area contributed by atoms with Gasteiger partial charge in [0.05, 0.1) is 18.2 Å². The van der Waals surface area contributed by atoms with Crippen LogP contribution in [0.25, 0.3) is 0 Å². The minimum atomic E-state index is -0.554. The first-order valence-electron chi connectivity index (χ1n) is 6.19. The first-order valence-corrected chi connectivity index (χ1v) is 6.19. The van der Waals surface area contributed by atoms with E-state index in [0.717, 1.165) is 5.69 Å². The fourth-order valence-corrected chi connectivity index (χ4v) is 1.69. The number of nitro groups is 1. The molecular formula is C13H13N5O4. The molecule has 9 nitrogen and oxygen atoms in total. The molecule has 2 rings (SSSR count). The number of carbonyl (C=O) groups excluding carboxylic acids is 1. The zero-order valence-corrected chi connectivity index (χ0v) is 11.9. The molecule has 0 fully saturated rings. The number of carbonyl (C=O) groups is 1. The number of H-pyrrole nitrogens is 1. The molecule has 9 heteroatoms. The Balaban J connectivity index is 2.08. The summed E-state index contributed by atoms with van der Waals surface area (Å²) in [6.45, 7) is 1.77. The quantitative estimate of drug-likeness (QED) is 0.491. The number of aryl methyl sites for hydroxylation is 1. The smallest absolute Gasteiger partial charge is 0.311 e. The van der Waals surface area contributed by atoms with E-state index in [4.69, 9.17) is 4.74 Å². The number of hydrazone groups is 1. The van der Waals surface area contributed by atoms with E-state index < -0.39 is 10.8 Å². The summed E-state index contributed by atoms with van der Waals surface area (Å²) in [5.41, 5.74) is 3.51. The summed E-state index contributed by atoms with van der Waals surface area (Å²) in [6, 6.07) is 5.91. The molecule has 0 aliphatic carbocycles. The highest BCUT2D eigenvalue weighted by Gasteiger charge is 2.14. The number of aromatic nitrogens is 2. The molecule has 2 N–H and O–H groups in total. The Hall–Kier alpha value is -3.23. The zero-order chi connectivity index (χ0) is 16.1. The number of ether oxygens (including phenoxy) is 1. The third-order valence-electron chi connectivity index (χ3n) is 2.72. The van der Waals surface area contributed by atoms with Crippen molar-refractivity contribution in [3.05, 3.63) is 51.3 Å². The fraction of sp³-hybridized carbons (Fsp3) is 0.154. The zero-order valence-electron chi connectivity index (χ0n) is 11.9. The van der Waals surface area contributed by atoms with Crippen LogP contribution < -0.4 is 10.2 Å². The lowest BCUT2D eigenvalue weighted by Gasteiger charge is -2.01. The van der Waals surface area contributed by atoms with Crippen molar-refractivity contribution < 1.29 is 14.5 Å². The first kappa shape index (κ1) is 15.2. The number of rotatable bonds is 5. The second-order valence-corrected chi connectivity index (χ2v) is 4.32. The highest BCUT2D eigenvalue weighted by Crippen LogP contribution is 2.26. The lowest BCUT2D eigenvalue weighted by Crippen LogP contribution is -2.18. The van der Waals surface area contributed by atoms with Crippen LogP contribution in [0.5, 0.6) is 5.75 Å². The number of nitro benzene ring substituents is 1. The Morgan fingerprint density at radius 1 is 1.50 bits per heavy atom. The number of amides is 1. The van der Waals surface area contributed by atoms with Crippen molar-refractivity contribution in [1.82, 2.24) is 15.6 Å². The molecule has 0 saturated heterocycles. The molecule has 0 radical (unpaired) electrons. The van der Waals surface area contributed by atoms with E-state index in [-0.39, 0.29) is 17.1 Å². The topological polar surface area (TPSA) is 123 Å². The van der Waals surface area contributed by atoms with Gasteiger partial charge in [0.25, 0.3) is 5.91 Å². The Morgan fingerprint density at radius 2 is 2.27 bits per heavy atom. The van der Waals surface area contributed by atoms with Crippen molar-refractivity contribution in [3.63, 3.8) is 0 Å². The van der Waals surface area contributed by atoms with Crippen molar-refractivity contribution in [2.75, 3.05) is 7.11 Å². The van der Waals surface area contributed by atoms with Crippen molar-refractivity contribution in [3.8, 4) is 5.75 Å². The Labute approximate surface area is 125 Å². The number of methoxy groups -OCH3 is 1. The molecule has 2 aromatic rings. The van der Waals surface area contributed by atoms with E-state index in [1.807, 2.05) is 0 Å². The summed E-state index contributed by atoms with van der Waals surface area (Å²) in [7, 11) is 1.35.